The van der Waals surface area contributed by atoms with Crippen LogP contribution in [-0.2, 0) is 15.7 Å². The van der Waals surface area contributed by atoms with E-state index >= 15 is 0 Å². The number of fused-ring (bicyclic) bond motifs is 1. The predicted molar refractivity (Wildman–Crippen MR) is 163 cm³/mol. The maximum absolute atomic E-state index is 13.2. The maximum atomic E-state index is 13.2. The summed E-state index contributed by atoms with van der Waals surface area (Å²) in [6.45, 7) is 6.89. The van der Waals surface area contributed by atoms with Gasteiger partial charge < -0.3 is 30.2 Å². The Morgan fingerprint density at radius 1 is 0.977 bits per heavy atom. The van der Waals surface area contributed by atoms with Crippen LogP contribution in [0.1, 0.15) is 18.9 Å². The lowest BCUT2D eigenvalue weighted by Crippen LogP contribution is -2.19. The van der Waals surface area contributed by atoms with Crippen molar-refractivity contribution in [3.8, 4) is 17.4 Å². The number of carbonyl (C=O) groups excluding carboxylic acids is 2. The highest BCUT2D eigenvalue weighted by molar-refractivity contribution is 9.10. The summed E-state index contributed by atoms with van der Waals surface area (Å²) in [6, 6.07) is 12.2. The lowest BCUT2D eigenvalue weighted by Gasteiger charge is -2.15. The van der Waals surface area contributed by atoms with Gasteiger partial charge in [-0.2, -0.15) is 13.2 Å². The van der Waals surface area contributed by atoms with Crippen LogP contribution in [0.15, 0.2) is 78.1 Å². The summed E-state index contributed by atoms with van der Waals surface area (Å²) in [5.41, 5.74) is 0.290. The minimum atomic E-state index is -4.58. The maximum Gasteiger partial charge on any atom is 0.417 e. The Balaban J connectivity index is 1.47. The van der Waals surface area contributed by atoms with Gasteiger partial charge in [-0.15, -0.1) is 0 Å². The van der Waals surface area contributed by atoms with E-state index in [0.717, 1.165) is 12.1 Å². The molecular formula is C30H27BrF3N5O5. The van der Waals surface area contributed by atoms with Gasteiger partial charge in [0.2, 0.25) is 11.8 Å². The van der Waals surface area contributed by atoms with Crippen LogP contribution in [-0.4, -0.2) is 41.7 Å². The largest absolute Gasteiger partial charge is 0.491 e. The predicted octanol–water partition coefficient (Wildman–Crippen LogP) is 7.78. The third-order valence-electron chi connectivity index (χ3n) is 5.89. The van der Waals surface area contributed by atoms with Crippen LogP contribution in [0.3, 0.4) is 0 Å². The Labute approximate surface area is 258 Å². The second-order valence-corrected chi connectivity index (χ2v) is 9.89. The molecule has 0 saturated carbocycles. The number of halogens is 4. The summed E-state index contributed by atoms with van der Waals surface area (Å²) < 4.78 is 56.6. The average molecular weight is 674 g/mol. The molecule has 0 aliphatic rings. The van der Waals surface area contributed by atoms with Crippen LogP contribution >= 0.6 is 15.9 Å². The number of nitrogens with one attached hydrogen (secondary N) is 3. The molecule has 0 aliphatic carbocycles. The van der Waals surface area contributed by atoms with Crippen molar-refractivity contribution in [1.29, 1.82) is 0 Å². The molecule has 3 amide bonds. The number of carbonyl (C=O) groups is 2. The number of benzene rings is 3. The lowest BCUT2D eigenvalue weighted by atomic mass is 10.2. The van der Waals surface area contributed by atoms with Crippen LogP contribution in [0, 0.1) is 0 Å². The summed E-state index contributed by atoms with van der Waals surface area (Å²) in [6.07, 6.45) is -1.48. The van der Waals surface area contributed by atoms with Crippen LogP contribution < -0.4 is 25.4 Å². The molecule has 3 aromatic carbocycles. The van der Waals surface area contributed by atoms with E-state index in [2.05, 4.69) is 48.4 Å². The third kappa shape index (κ3) is 8.67. The van der Waals surface area contributed by atoms with Crippen LogP contribution in [0.25, 0.3) is 10.9 Å². The Hall–Kier alpha value is -4.69. The molecule has 0 aliphatic heterocycles. The molecule has 0 spiro atoms. The molecule has 3 N–H and O–H groups in total. The van der Waals surface area contributed by atoms with Crippen molar-refractivity contribution in [2.75, 3.05) is 35.8 Å². The zero-order chi connectivity index (χ0) is 31.7. The van der Waals surface area contributed by atoms with Crippen molar-refractivity contribution in [1.82, 2.24) is 9.97 Å². The molecule has 4 aromatic rings. The van der Waals surface area contributed by atoms with Gasteiger partial charge in [0.05, 0.1) is 28.8 Å². The summed E-state index contributed by atoms with van der Waals surface area (Å²) in [5, 5.41) is 8.15. The van der Waals surface area contributed by atoms with Gasteiger partial charge in [-0.25, -0.2) is 14.8 Å². The van der Waals surface area contributed by atoms with Gasteiger partial charge in [0.1, 0.15) is 17.8 Å². The molecule has 1 aromatic heterocycles. The van der Waals surface area contributed by atoms with Crippen molar-refractivity contribution >= 4 is 55.8 Å². The molecular weight excluding hydrogens is 647 g/mol. The van der Waals surface area contributed by atoms with E-state index in [1.807, 2.05) is 6.92 Å². The number of rotatable bonds is 12. The highest BCUT2D eigenvalue weighted by atomic mass is 79.9. The molecule has 44 heavy (non-hydrogen) atoms. The van der Waals surface area contributed by atoms with Crippen molar-refractivity contribution < 1.29 is 37.0 Å². The Bertz CT molecular complexity index is 1650. The Morgan fingerprint density at radius 3 is 2.41 bits per heavy atom. The summed E-state index contributed by atoms with van der Waals surface area (Å²) in [5.74, 6) is 0.531. The molecule has 0 saturated heterocycles. The number of urea groups is 1. The van der Waals surface area contributed by atoms with E-state index in [0.29, 0.717) is 60.0 Å². The normalized spacial score (nSPS) is 11.1. The average Bonchev–Trinajstić information content (AvgIpc) is 2.98. The monoisotopic (exact) mass is 673 g/mol. The van der Waals surface area contributed by atoms with E-state index in [-0.39, 0.29) is 16.0 Å². The molecule has 4 rings (SSSR count). The van der Waals surface area contributed by atoms with Crippen molar-refractivity contribution in [3.63, 3.8) is 0 Å². The molecule has 10 nitrogen and oxygen atoms in total. The van der Waals surface area contributed by atoms with Crippen LogP contribution in [0.2, 0.25) is 0 Å². The van der Waals surface area contributed by atoms with Gasteiger partial charge in [-0.3, -0.25) is 4.79 Å². The van der Waals surface area contributed by atoms with Gasteiger partial charge in [0, 0.05) is 41.5 Å². The van der Waals surface area contributed by atoms with Gasteiger partial charge in [-0.1, -0.05) is 22.5 Å². The number of hydrogen-bond donors (Lipinski definition) is 3. The van der Waals surface area contributed by atoms with Crippen molar-refractivity contribution in [3.05, 3.63) is 83.6 Å². The standard InChI is InChI=1S/C30H27BrF3N5O5/c1-3-27(40)39-25-15-21-24(16-26(25)43-13-5-12-42-4-2)35-17-36-28(21)44-20-9-6-18(7-10-20)37-29(41)38-19-8-11-23(31)22(14-19)30(32,33)34/h3,6-11,14-17H,1,4-5,12-13H2,2H3,(H,39,40)(H2,37,38,41). The minimum absolute atomic E-state index is 0.0312. The summed E-state index contributed by atoms with van der Waals surface area (Å²) in [7, 11) is 0. The topological polar surface area (TPSA) is 124 Å². The van der Waals surface area contributed by atoms with Gasteiger partial charge in [0.25, 0.3) is 0 Å². The first-order valence-electron chi connectivity index (χ1n) is 13.2. The SMILES string of the molecule is C=CC(=O)Nc1cc2c(Oc3ccc(NC(=O)Nc4ccc(Br)c(C(F)(F)F)c4)cc3)ncnc2cc1OCCCOCC. The number of ether oxygens (including phenoxy) is 3. The van der Waals surface area contributed by atoms with E-state index < -0.39 is 23.7 Å². The Morgan fingerprint density at radius 2 is 1.70 bits per heavy atom. The molecule has 0 bridgehead atoms. The fourth-order valence-corrected chi connectivity index (χ4v) is 4.33. The fraction of sp³-hybridized carbons (Fsp3) is 0.200. The number of amides is 3. The first-order valence-corrected chi connectivity index (χ1v) is 14.0. The zero-order valence-corrected chi connectivity index (χ0v) is 24.9. The van der Waals surface area contributed by atoms with Crippen LogP contribution in [0.5, 0.6) is 17.4 Å². The highest BCUT2D eigenvalue weighted by Crippen LogP contribution is 2.37. The van der Waals surface area contributed by atoms with Crippen molar-refractivity contribution in [2.45, 2.75) is 19.5 Å². The summed E-state index contributed by atoms with van der Waals surface area (Å²) >= 11 is 2.87. The first-order chi connectivity index (χ1) is 21.1. The molecule has 230 valence electrons. The third-order valence-corrected chi connectivity index (χ3v) is 6.59. The van der Waals surface area contributed by atoms with Gasteiger partial charge in [-0.05, 0) is 61.5 Å². The number of hydrogen-bond acceptors (Lipinski definition) is 7. The quantitative estimate of drug-likeness (QED) is 0.104. The summed E-state index contributed by atoms with van der Waals surface area (Å²) in [4.78, 5) is 33.0. The molecule has 1 heterocycles. The van der Waals surface area contributed by atoms with Crippen LogP contribution in [0.4, 0.5) is 35.0 Å². The van der Waals surface area contributed by atoms with E-state index in [1.165, 1.54) is 18.5 Å². The number of anilines is 3. The molecule has 0 fully saturated rings. The van der Waals surface area contributed by atoms with Crippen molar-refractivity contribution in [2.24, 2.45) is 0 Å². The molecule has 0 unspecified atom stereocenters. The lowest BCUT2D eigenvalue weighted by molar-refractivity contribution is -0.138. The first kappa shape index (κ1) is 32.2. The molecule has 14 heteroatoms. The zero-order valence-electron chi connectivity index (χ0n) is 23.3. The number of nitrogens with zero attached hydrogens (tertiary/aromatic N) is 2. The number of aromatic nitrogens is 2. The van der Waals surface area contributed by atoms with Gasteiger partial charge >= 0.3 is 12.2 Å². The van der Waals surface area contributed by atoms with E-state index in [4.69, 9.17) is 14.2 Å². The highest BCUT2D eigenvalue weighted by Gasteiger charge is 2.33. The minimum Gasteiger partial charge on any atom is -0.491 e. The second-order valence-electron chi connectivity index (χ2n) is 9.03. The fourth-order valence-electron chi connectivity index (χ4n) is 3.86. The Kier molecular flexibility index (Phi) is 10.7. The van der Waals surface area contributed by atoms with Gasteiger partial charge in [0.15, 0.2) is 0 Å². The molecule has 0 radical (unpaired) electrons. The smallest absolute Gasteiger partial charge is 0.417 e. The van der Waals surface area contributed by atoms with E-state index in [9.17, 15) is 22.8 Å². The number of alkyl halides is 3. The molecule has 0 atom stereocenters. The second kappa shape index (κ2) is 14.7. The van der Waals surface area contributed by atoms with E-state index in [1.54, 1.807) is 36.4 Å².